The molecule has 0 bridgehead atoms. The molecule has 2 aromatic heterocycles. The molecule has 0 saturated carbocycles. The lowest BCUT2D eigenvalue weighted by atomic mass is 10.1. The fourth-order valence-electron chi connectivity index (χ4n) is 3.35. The van der Waals surface area contributed by atoms with Gasteiger partial charge in [-0.05, 0) is 50.2 Å². The molecular weight excluding hydrogens is 393 g/mol. The molecule has 2 heterocycles. The van der Waals surface area contributed by atoms with Gasteiger partial charge in [0.25, 0.3) is 5.91 Å². The summed E-state index contributed by atoms with van der Waals surface area (Å²) in [5.41, 5.74) is 2.71. The van der Waals surface area contributed by atoms with Crippen molar-refractivity contribution in [3.8, 4) is 0 Å². The minimum absolute atomic E-state index is 0.0133. The SMILES string of the molecule is Cc1ccc2oc(C(=O)N(Cc3ccco3)Cc3c(F)cccc3Cl)c(C)c2c1. The minimum Gasteiger partial charge on any atom is -0.467 e. The molecule has 0 fully saturated rings. The molecule has 0 unspecified atom stereocenters. The molecule has 0 aliphatic heterocycles. The molecule has 1 amide bonds. The van der Waals surface area contributed by atoms with E-state index in [1.165, 1.54) is 23.3 Å². The molecule has 0 N–H and O–H groups in total. The Bertz CT molecular complexity index is 1160. The Kier molecular flexibility index (Phi) is 5.16. The first-order valence-corrected chi connectivity index (χ1v) is 9.56. The van der Waals surface area contributed by atoms with Gasteiger partial charge in [-0.1, -0.05) is 29.3 Å². The molecule has 0 aliphatic carbocycles. The number of amides is 1. The van der Waals surface area contributed by atoms with Gasteiger partial charge in [0.05, 0.1) is 19.4 Å². The third kappa shape index (κ3) is 3.78. The van der Waals surface area contributed by atoms with Crippen LogP contribution in [0.15, 0.2) is 63.6 Å². The molecule has 0 spiro atoms. The average Bonchev–Trinajstić information content (AvgIpc) is 3.31. The van der Waals surface area contributed by atoms with Gasteiger partial charge < -0.3 is 13.7 Å². The van der Waals surface area contributed by atoms with Crippen molar-refractivity contribution in [3.63, 3.8) is 0 Å². The van der Waals surface area contributed by atoms with Crippen LogP contribution in [0.2, 0.25) is 5.02 Å². The van der Waals surface area contributed by atoms with Gasteiger partial charge >= 0.3 is 0 Å². The predicted molar refractivity (Wildman–Crippen MR) is 109 cm³/mol. The second-order valence-corrected chi connectivity index (χ2v) is 7.40. The lowest BCUT2D eigenvalue weighted by Gasteiger charge is -2.22. The number of nitrogens with zero attached hydrogens (tertiary/aromatic N) is 1. The molecule has 29 heavy (non-hydrogen) atoms. The predicted octanol–water partition coefficient (Wildman–Crippen LogP) is 6.28. The van der Waals surface area contributed by atoms with E-state index in [9.17, 15) is 9.18 Å². The van der Waals surface area contributed by atoms with Crippen LogP contribution in [-0.4, -0.2) is 10.8 Å². The quantitative estimate of drug-likeness (QED) is 0.388. The first-order chi connectivity index (χ1) is 13.9. The highest BCUT2D eigenvalue weighted by atomic mass is 35.5. The summed E-state index contributed by atoms with van der Waals surface area (Å²) >= 11 is 6.19. The summed E-state index contributed by atoms with van der Waals surface area (Å²) in [6.07, 6.45) is 1.53. The number of rotatable bonds is 5. The van der Waals surface area contributed by atoms with Gasteiger partial charge in [0.2, 0.25) is 0 Å². The zero-order valence-electron chi connectivity index (χ0n) is 16.0. The smallest absolute Gasteiger partial charge is 0.290 e. The minimum atomic E-state index is -0.466. The Hall–Kier alpha value is -3.05. The third-order valence-electron chi connectivity index (χ3n) is 4.91. The number of hydrogen-bond acceptors (Lipinski definition) is 3. The Morgan fingerprint density at radius 3 is 2.66 bits per heavy atom. The highest BCUT2D eigenvalue weighted by molar-refractivity contribution is 6.31. The zero-order chi connectivity index (χ0) is 20.5. The molecule has 6 heteroatoms. The fourth-order valence-corrected chi connectivity index (χ4v) is 3.57. The lowest BCUT2D eigenvalue weighted by Crippen LogP contribution is -2.30. The first-order valence-electron chi connectivity index (χ1n) is 9.18. The monoisotopic (exact) mass is 411 g/mol. The summed E-state index contributed by atoms with van der Waals surface area (Å²) in [4.78, 5) is 14.9. The normalized spacial score (nSPS) is 11.2. The summed E-state index contributed by atoms with van der Waals surface area (Å²) in [6.45, 7) is 3.98. The van der Waals surface area contributed by atoms with Crippen LogP contribution in [0.1, 0.15) is 33.0 Å². The van der Waals surface area contributed by atoms with Crippen LogP contribution in [0.5, 0.6) is 0 Å². The third-order valence-corrected chi connectivity index (χ3v) is 5.26. The van der Waals surface area contributed by atoms with Gasteiger partial charge in [-0.15, -0.1) is 0 Å². The lowest BCUT2D eigenvalue weighted by molar-refractivity contribution is 0.0685. The summed E-state index contributed by atoms with van der Waals surface area (Å²) in [5.74, 6) is -0.0150. The van der Waals surface area contributed by atoms with E-state index < -0.39 is 5.82 Å². The molecule has 2 aromatic carbocycles. The van der Waals surface area contributed by atoms with Crippen molar-refractivity contribution >= 4 is 28.5 Å². The highest BCUT2D eigenvalue weighted by Gasteiger charge is 2.26. The molecule has 4 aromatic rings. The van der Waals surface area contributed by atoms with Crippen molar-refractivity contribution in [1.82, 2.24) is 4.90 Å². The van der Waals surface area contributed by atoms with Crippen LogP contribution in [0.25, 0.3) is 11.0 Å². The van der Waals surface area contributed by atoms with Gasteiger partial charge in [-0.3, -0.25) is 4.79 Å². The molecule has 0 radical (unpaired) electrons. The molecule has 0 aliphatic rings. The number of furan rings is 2. The average molecular weight is 412 g/mol. The topological polar surface area (TPSA) is 46.6 Å². The van der Waals surface area contributed by atoms with Gasteiger partial charge in [0.15, 0.2) is 5.76 Å². The van der Waals surface area contributed by atoms with Gasteiger partial charge in [0.1, 0.15) is 17.2 Å². The van der Waals surface area contributed by atoms with Crippen molar-refractivity contribution in [2.24, 2.45) is 0 Å². The Balaban J connectivity index is 1.74. The number of hydrogen-bond donors (Lipinski definition) is 0. The number of benzene rings is 2. The largest absolute Gasteiger partial charge is 0.467 e. The van der Waals surface area contributed by atoms with E-state index in [1.54, 1.807) is 18.2 Å². The molecule has 0 atom stereocenters. The van der Waals surface area contributed by atoms with Crippen LogP contribution in [0.4, 0.5) is 4.39 Å². The van der Waals surface area contributed by atoms with Crippen molar-refractivity contribution in [3.05, 3.63) is 93.8 Å². The molecular formula is C23H19ClFNO3. The Labute approximate surface area is 172 Å². The summed E-state index contributed by atoms with van der Waals surface area (Å²) < 4.78 is 25.6. The number of fused-ring (bicyclic) bond motifs is 1. The zero-order valence-corrected chi connectivity index (χ0v) is 16.8. The van der Waals surface area contributed by atoms with Crippen LogP contribution in [0, 0.1) is 19.7 Å². The van der Waals surface area contributed by atoms with E-state index in [0.717, 1.165) is 16.5 Å². The van der Waals surface area contributed by atoms with Gasteiger partial charge in [-0.2, -0.15) is 0 Å². The molecule has 4 rings (SSSR count). The summed E-state index contributed by atoms with van der Waals surface area (Å²) in [5, 5.41) is 1.15. The fraction of sp³-hybridized carbons (Fsp3) is 0.174. The number of carbonyl (C=O) groups is 1. The second-order valence-electron chi connectivity index (χ2n) is 7.00. The van der Waals surface area contributed by atoms with Crippen LogP contribution in [-0.2, 0) is 13.1 Å². The molecule has 0 saturated heterocycles. The first kappa shape index (κ1) is 19.3. The van der Waals surface area contributed by atoms with E-state index >= 15 is 0 Å². The van der Waals surface area contributed by atoms with E-state index in [4.69, 9.17) is 20.4 Å². The van der Waals surface area contributed by atoms with Crippen molar-refractivity contribution in [1.29, 1.82) is 0 Å². The number of aryl methyl sites for hydroxylation is 2. The standard InChI is InChI=1S/C23H19ClFNO3/c1-14-8-9-21-17(11-14)15(2)22(29-21)23(27)26(12-16-5-4-10-28-16)13-18-19(24)6-3-7-20(18)25/h3-11H,12-13H2,1-2H3. The van der Waals surface area contributed by atoms with Crippen LogP contribution in [0.3, 0.4) is 0 Å². The second kappa shape index (κ2) is 7.76. The summed E-state index contributed by atoms with van der Waals surface area (Å²) in [7, 11) is 0. The number of carbonyl (C=O) groups excluding carboxylic acids is 1. The maximum atomic E-state index is 14.4. The maximum absolute atomic E-state index is 14.4. The van der Waals surface area contributed by atoms with Crippen molar-refractivity contribution in [2.75, 3.05) is 0 Å². The Morgan fingerprint density at radius 1 is 1.10 bits per heavy atom. The van der Waals surface area contributed by atoms with E-state index in [0.29, 0.717) is 11.3 Å². The van der Waals surface area contributed by atoms with E-state index in [-0.39, 0.29) is 35.3 Å². The summed E-state index contributed by atoms with van der Waals surface area (Å²) in [6, 6.07) is 13.7. The maximum Gasteiger partial charge on any atom is 0.290 e. The van der Waals surface area contributed by atoms with Gasteiger partial charge in [0, 0.05) is 21.5 Å². The molecule has 148 valence electrons. The Morgan fingerprint density at radius 2 is 1.93 bits per heavy atom. The molecule has 4 nitrogen and oxygen atoms in total. The van der Waals surface area contributed by atoms with E-state index in [2.05, 4.69) is 0 Å². The van der Waals surface area contributed by atoms with Crippen LogP contribution >= 0.6 is 11.6 Å². The van der Waals surface area contributed by atoms with Gasteiger partial charge in [-0.25, -0.2) is 4.39 Å². The van der Waals surface area contributed by atoms with E-state index in [1.807, 2.05) is 32.0 Å². The van der Waals surface area contributed by atoms with Crippen LogP contribution < -0.4 is 0 Å². The van der Waals surface area contributed by atoms with Crippen molar-refractivity contribution in [2.45, 2.75) is 26.9 Å². The highest BCUT2D eigenvalue weighted by Crippen LogP contribution is 2.29. The van der Waals surface area contributed by atoms with Crippen molar-refractivity contribution < 1.29 is 18.0 Å². The number of halogens is 2.